The van der Waals surface area contributed by atoms with Crippen molar-refractivity contribution < 1.29 is 14.8 Å². The van der Waals surface area contributed by atoms with Crippen LogP contribution < -0.4 is 15.6 Å². The molecule has 1 aliphatic rings. The summed E-state index contributed by atoms with van der Waals surface area (Å²) < 4.78 is 5.10. The normalized spacial score (nSPS) is 14.8. The maximum absolute atomic E-state index is 8.82. The second-order valence-corrected chi connectivity index (χ2v) is 5.69. The quantitative estimate of drug-likeness (QED) is 0.422. The van der Waals surface area contributed by atoms with Gasteiger partial charge in [-0.3, -0.25) is 15.8 Å². The van der Waals surface area contributed by atoms with Gasteiger partial charge in [-0.1, -0.05) is 11.3 Å². The molecule has 25 heavy (non-hydrogen) atoms. The number of anilines is 2. The van der Waals surface area contributed by atoms with Crippen molar-refractivity contribution in [3.63, 3.8) is 0 Å². The lowest BCUT2D eigenvalue weighted by atomic mass is 10.3. The maximum atomic E-state index is 8.82. The molecule has 10 heteroatoms. The van der Waals surface area contributed by atoms with Crippen molar-refractivity contribution in [2.24, 2.45) is 5.10 Å². The Morgan fingerprint density at radius 1 is 1.24 bits per heavy atom. The Morgan fingerprint density at radius 3 is 2.68 bits per heavy atom. The minimum absolute atomic E-state index is 0.101. The molecule has 1 saturated heterocycles. The van der Waals surface area contributed by atoms with Crippen LogP contribution in [-0.4, -0.2) is 57.8 Å². The Hall–Kier alpha value is -2.69. The fraction of sp³-hybridized carbons (Fsp3) is 0.267. The molecule has 0 bridgehead atoms. The Balaban J connectivity index is 1.47. The van der Waals surface area contributed by atoms with Crippen LogP contribution in [0.4, 0.5) is 11.7 Å². The summed E-state index contributed by atoms with van der Waals surface area (Å²) >= 11 is 5.34. The third kappa shape index (κ3) is 4.44. The monoisotopic (exact) mass is 362 g/mol. The highest BCUT2D eigenvalue weighted by molar-refractivity contribution is 7.80. The summed E-state index contributed by atoms with van der Waals surface area (Å²) in [7, 11) is 0. The summed E-state index contributed by atoms with van der Waals surface area (Å²) in [6, 6.07) is 8.82. The molecule has 1 aliphatic heterocycles. The predicted molar refractivity (Wildman–Crippen MR) is 96.1 cm³/mol. The summed E-state index contributed by atoms with van der Waals surface area (Å²) in [5.41, 5.74) is 2.79. The number of rotatable bonds is 4. The molecule has 3 N–H and O–H groups in total. The number of pyridine rings is 1. The van der Waals surface area contributed by atoms with Crippen molar-refractivity contribution in [1.82, 2.24) is 15.3 Å². The fourth-order valence-corrected chi connectivity index (χ4v) is 2.66. The molecule has 9 nitrogen and oxygen atoms in total. The first-order chi connectivity index (χ1) is 12.1. The van der Waals surface area contributed by atoms with E-state index < -0.39 is 0 Å². The first-order valence-electron chi connectivity index (χ1n) is 7.65. The highest BCUT2D eigenvalue weighted by atomic mass is 32.1. The molecule has 2 aromatic rings. The van der Waals surface area contributed by atoms with E-state index in [1.54, 1.807) is 12.3 Å². The van der Waals surface area contributed by atoms with Crippen molar-refractivity contribution in [1.29, 1.82) is 0 Å². The van der Waals surface area contributed by atoms with Gasteiger partial charge in [0.15, 0.2) is 5.11 Å². The van der Waals surface area contributed by atoms with Crippen LogP contribution in [0.25, 0.3) is 0 Å². The van der Waals surface area contributed by atoms with E-state index in [9.17, 15) is 0 Å². The van der Waals surface area contributed by atoms with Crippen molar-refractivity contribution in [2.45, 2.75) is 0 Å². The Bertz CT molecular complexity index is 728. The minimum Gasteiger partial charge on any atom is -0.435 e. The topological polar surface area (TPSA) is 101 Å². The number of hydrazone groups is 1. The lowest BCUT2D eigenvalue weighted by Gasteiger charge is -2.36. The van der Waals surface area contributed by atoms with Gasteiger partial charge in [0.2, 0.25) is 5.88 Å². The van der Waals surface area contributed by atoms with Gasteiger partial charge in [-0.05, 0) is 30.4 Å². The number of nitrogens with zero attached hydrogens (tertiary/aromatic N) is 5. The van der Waals surface area contributed by atoms with Gasteiger partial charge in [0.05, 0.1) is 6.21 Å². The van der Waals surface area contributed by atoms with Gasteiger partial charge in [0, 0.05) is 38.4 Å². The largest absolute Gasteiger partial charge is 0.435 e. The zero-order chi connectivity index (χ0) is 17.6. The zero-order valence-electron chi connectivity index (χ0n) is 13.3. The van der Waals surface area contributed by atoms with E-state index in [1.165, 1.54) is 12.3 Å². The molecule has 0 radical (unpaired) electrons. The molecule has 0 aliphatic carbocycles. The second-order valence-electron chi connectivity index (χ2n) is 5.30. The Kier molecular flexibility index (Phi) is 5.43. The molecular weight excluding hydrogens is 344 g/mol. The van der Waals surface area contributed by atoms with Crippen molar-refractivity contribution in [3.05, 3.63) is 42.3 Å². The highest BCUT2D eigenvalue weighted by Crippen LogP contribution is 2.14. The first-order valence-corrected chi connectivity index (χ1v) is 8.06. The van der Waals surface area contributed by atoms with Gasteiger partial charge in [-0.15, -0.1) is 0 Å². The molecule has 2 aromatic heterocycles. The molecule has 132 valence electrons. The zero-order valence-corrected chi connectivity index (χ0v) is 14.1. The van der Waals surface area contributed by atoms with Crippen LogP contribution in [0.1, 0.15) is 5.76 Å². The van der Waals surface area contributed by atoms with Crippen LogP contribution in [0.15, 0.2) is 46.0 Å². The van der Waals surface area contributed by atoms with Gasteiger partial charge < -0.3 is 14.2 Å². The summed E-state index contributed by atoms with van der Waals surface area (Å²) in [5, 5.41) is 22.1. The SMILES string of the molecule is ON(O)c1ccc(/C=N/NC(=S)N2CCN(c3ccccn3)CC2)o1. The average molecular weight is 362 g/mol. The number of aromatic nitrogens is 1. The number of hydrogen-bond acceptors (Lipinski definition) is 8. The van der Waals surface area contributed by atoms with Gasteiger partial charge in [-0.2, -0.15) is 5.10 Å². The van der Waals surface area contributed by atoms with Crippen LogP contribution in [0.3, 0.4) is 0 Å². The number of hydrogen-bond donors (Lipinski definition) is 3. The van der Waals surface area contributed by atoms with Crippen molar-refractivity contribution in [3.8, 4) is 0 Å². The summed E-state index contributed by atoms with van der Waals surface area (Å²) in [6.45, 7) is 3.19. The molecule has 0 unspecified atom stereocenters. The van der Waals surface area contributed by atoms with E-state index in [-0.39, 0.29) is 11.1 Å². The minimum atomic E-state index is -0.102. The number of thiocarbonyl (C=S) groups is 1. The van der Waals surface area contributed by atoms with Crippen LogP contribution in [0.2, 0.25) is 0 Å². The molecular formula is C15H18N6O3S. The Morgan fingerprint density at radius 2 is 2.04 bits per heavy atom. The number of piperazine rings is 1. The van der Waals surface area contributed by atoms with E-state index in [2.05, 4.69) is 20.4 Å². The van der Waals surface area contributed by atoms with E-state index in [0.29, 0.717) is 10.9 Å². The highest BCUT2D eigenvalue weighted by Gasteiger charge is 2.19. The summed E-state index contributed by atoms with van der Waals surface area (Å²) in [5.74, 6) is 1.22. The van der Waals surface area contributed by atoms with Crippen LogP contribution in [0, 0.1) is 0 Å². The first kappa shape index (κ1) is 17.1. The van der Waals surface area contributed by atoms with E-state index >= 15 is 0 Å². The number of furan rings is 1. The molecule has 0 spiro atoms. The van der Waals surface area contributed by atoms with E-state index in [4.69, 9.17) is 27.0 Å². The molecule has 3 heterocycles. The summed E-state index contributed by atoms with van der Waals surface area (Å²) in [6.07, 6.45) is 3.19. The molecule has 0 aromatic carbocycles. The molecule has 1 fully saturated rings. The van der Waals surface area contributed by atoms with Crippen molar-refractivity contribution in [2.75, 3.05) is 36.3 Å². The lowest BCUT2D eigenvalue weighted by molar-refractivity contribution is 0.0174. The standard InChI is InChI=1S/C15H18N6O3S/c22-21(23)14-5-4-12(24-14)11-17-18-15(25)20-9-7-19(8-10-20)13-3-1-2-6-16-13/h1-6,11,22-23H,7-10H2,(H,18,25)/b17-11+. The fourth-order valence-electron chi connectivity index (χ4n) is 2.42. The third-order valence-electron chi connectivity index (χ3n) is 3.70. The molecule has 0 saturated carbocycles. The average Bonchev–Trinajstić information content (AvgIpc) is 3.12. The smallest absolute Gasteiger partial charge is 0.247 e. The van der Waals surface area contributed by atoms with Gasteiger partial charge in [0.25, 0.3) is 0 Å². The van der Waals surface area contributed by atoms with Gasteiger partial charge >= 0.3 is 0 Å². The number of nitrogens with one attached hydrogen (secondary N) is 1. The molecule has 3 rings (SSSR count). The van der Waals surface area contributed by atoms with Gasteiger partial charge in [-0.25, -0.2) is 4.98 Å². The van der Waals surface area contributed by atoms with Crippen LogP contribution in [-0.2, 0) is 0 Å². The molecule has 0 amide bonds. The Labute approximate surface area is 149 Å². The predicted octanol–water partition coefficient (Wildman–Crippen LogP) is 1.29. The second kappa shape index (κ2) is 7.92. The third-order valence-corrected chi connectivity index (χ3v) is 4.05. The maximum Gasteiger partial charge on any atom is 0.247 e. The van der Waals surface area contributed by atoms with Crippen LogP contribution in [0.5, 0.6) is 0 Å². The lowest BCUT2D eigenvalue weighted by Crippen LogP contribution is -2.51. The van der Waals surface area contributed by atoms with E-state index in [1.807, 2.05) is 23.1 Å². The molecule has 0 atom stereocenters. The van der Waals surface area contributed by atoms with Crippen LogP contribution >= 0.6 is 12.2 Å². The van der Waals surface area contributed by atoms with E-state index in [0.717, 1.165) is 32.0 Å². The summed E-state index contributed by atoms with van der Waals surface area (Å²) in [4.78, 5) is 8.60. The van der Waals surface area contributed by atoms with Crippen molar-refractivity contribution >= 4 is 35.2 Å². The van der Waals surface area contributed by atoms with Gasteiger partial charge in [0.1, 0.15) is 11.6 Å².